The molecule has 0 amide bonds. The van der Waals surface area contributed by atoms with E-state index in [0.717, 1.165) is 6.42 Å². The third-order valence-corrected chi connectivity index (χ3v) is 1.56. The van der Waals surface area contributed by atoms with Crippen LogP contribution in [0.25, 0.3) is 0 Å². The highest BCUT2D eigenvalue weighted by atomic mass is 16.7. The molecule has 0 radical (unpaired) electrons. The van der Waals surface area contributed by atoms with E-state index in [2.05, 4.69) is 11.3 Å². The van der Waals surface area contributed by atoms with Gasteiger partial charge in [-0.05, 0) is 6.42 Å². The smallest absolute Gasteiger partial charge is 0.338 e. The number of methoxy groups -OCH3 is 1. The molecule has 1 heterocycles. The van der Waals surface area contributed by atoms with E-state index in [9.17, 15) is 4.79 Å². The van der Waals surface area contributed by atoms with Gasteiger partial charge in [0.1, 0.15) is 0 Å². The van der Waals surface area contributed by atoms with Crippen LogP contribution in [0.15, 0.2) is 12.2 Å². The molecule has 1 aliphatic rings. The van der Waals surface area contributed by atoms with Crippen molar-refractivity contribution in [3.63, 3.8) is 0 Å². The molecular weight excluding hydrogens is 160 g/mol. The fraction of sp³-hybridized carbons (Fsp3) is 0.625. The van der Waals surface area contributed by atoms with Crippen LogP contribution in [0.2, 0.25) is 0 Å². The standard InChI is InChI=1S/C8H12O4/c1-6(7(9)10-2)8-11-4-3-5-12-8/h8H,1,3-5H2,2H3. The van der Waals surface area contributed by atoms with Crippen LogP contribution in [0.1, 0.15) is 6.42 Å². The maximum atomic E-state index is 10.9. The van der Waals surface area contributed by atoms with Crippen LogP contribution in [0, 0.1) is 0 Å². The number of ether oxygens (including phenoxy) is 3. The molecule has 0 aromatic rings. The quantitative estimate of drug-likeness (QED) is 0.449. The number of rotatable bonds is 2. The van der Waals surface area contributed by atoms with Gasteiger partial charge in [-0.3, -0.25) is 0 Å². The summed E-state index contributed by atoms with van der Waals surface area (Å²) in [4.78, 5) is 10.9. The van der Waals surface area contributed by atoms with Gasteiger partial charge in [0.2, 0.25) is 0 Å². The van der Waals surface area contributed by atoms with E-state index in [1.165, 1.54) is 7.11 Å². The first kappa shape index (κ1) is 9.22. The Morgan fingerprint density at radius 1 is 1.50 bits per heavy atom. The van der Waals surface area contributed by atoms with Gasteiger partial charge in [0, 0.05) is 0 Å². The molecule has 1 aliphatic heterocycles. The Morgan fingerprint density at radius 3 is 2.58 bits per heavy atom. The highest BCUT2D eigenvalue weighted by Gasteiger charge is 2.23. The molecule has 4 heteroatoms. The van der Waals surface area contributed by atoms with Crippen molar-refractivity contribution in [1.82, 2.24) is 0 Å². The first-order valence-corrected chi connectivity index (χ1v) is 3.76. The SMILES string of the molecule is C=C(C(=O)OC)C1OCCCO1. The first-order chi connectivity index (χ1) is 5.75. The molecule has 68 valence electrons. The van der Waals surface area contributed by atoms with Crippen molar-refractivity contribution in [2.24, 2.45) is 0 Å². The predicted molar refractivity (Wildman–Crippen MR) is 41.5 cm³/mol. The monoisotopic (exact) mass is 172 g/mol. The predicted octanol–water partition coefficient (Wildman–Crippen LogP) is 0.479. The molecule has 1 fully saturated rings. The summed E-state index contributed by atoms with van der Waals surface area (Å²) in [7, 11) is 1.30. The summed E-state index contributed by atoms with van der Waals surface area (Å²) in [5.41, 5.74) is 0.220. The Kier molecular flexibility index (Phi) is 3.25. The van der Waals surface area contributed by atoms with Crippen LogP contribution >= 0.6 is 0 Å². The highest BCUT2D eigenvalue weighted by molar-refractivity contribution is 5.88. The zero-order chi connectivity index (χ0) is 8.97. The Morgan fingerprint density at radius 2 is 2.08 bits per heavy atom. The Labute approximate surface area is 71.1 Å². The maximum Gasteiger partial charge on any atom is 0.338 e. The van der Waals surface area contributed by atoms with E-state index in [0.29, 0.717) is 13.2 Å². The lowest BCUT2D eigenvalue weighted by Crippen LogP contribution is -2.29. The fourth-order valence-electron chi connectivity index (χ4n) is 0.916. The van der Waals surface area contributed by atoms with E-state index < -0.39 is 12.3 Å². The molecule has 0 aromatic carbocycles. The van der Waals surface area contributed by atoms with Crippen molar-refractivity contribution in [2.45, 2.75) is 12.7 Å². The molecule has 0 N–H and O–H groups in total. The lowest BCUT2D eigenvalue weighted by Gasteiger charge is -2.23. The molecule has 1 saturated heterocycles. The van der Waals surface area contributed by atoms with E-state index >= 15 is 0 Å². The van der Waals surface area contributed by atoms with Gasteiger partial charge in [-0.2, -0.15) is 0 Å². The minimum atomic E-state index is -0.619. The summed E-state index contributed by atoms with van der Waals surface area (Å²) in [6.45, 7) is 4.72. The van der Waals surface area contributed by atoms with Gasteiger partial charge < -0.3 is 14.2 Å². The van der Waals surface area contributed by atoms with Crippen LogP contribution in [0.5, 0.6) is 0 Å². The van der Waals surface area contributed by atoms with Crippen LogP contribution in [0.3, 0.4) is 0 Å². The molecule has 4 nitrogen and oxygen atoms in total. The maximum absolute atomic E-state index is 10.9. The molecule has 12 heavy (non-hydrogen) atoms. The summed E-state index contributed by atoms with van der Waals surface area (Å²) in [6.07, 6.45) is 0.233. The van der Waals surface area contributed by atoms with Crippen LogP contribution in [-0.2, 0) is 19.0 Å². The zero-order valence-electron chi connectivity index (χ0n) is 7.04. The largest absolute Gasteiger partial charge is 0.466 e. The Hall–Kier alpha value is -0.870. The lowest BCUT2D eigenvalue weighted by atomic mass is 10.3. The third-order valence-electron chi connectivity index (χ3n) is 1.56. The van der Waals surface area contributed by atoms with Gasteiger partial charge in [0.05, 0.1) is 25.9 Å². The molecule has 0 atom stereocenters. The number of hydrogen-bond acceptors (Lipinski definition) is 4. The second-order valence-corrected chi connectivity index (χ2v) is 2.44. The summed E-state index contributed by atoms with van der Waals surface area (Å²) in [6, 6.07) is 0. The minimum absolute atomic E-state index is 0.220. The zero-order valence-corrected chi connectivity index (χ0v) is 7.04. The molecule has 0 saturated carbocycles. The Bertz CT molecular complexity index is 181. The van der Waals surface area contributed by atoms with Crippen molar-refractivity contribution in [3.8, 4) is 0 Å². The molecule has 0 unspecified atom stereocenters. The summed E-state index contributed by atoms with van der Waals surface area (Å²) >= 11 is 0. The molecule has 0 spiro atoms. The molecule has 1 rings (SSSR count). The number of carbonyl (C=O) groups is 1. The van der Waals surface area contributed by atoms with E-state index in [-0.39, 0.29) is 5.57 Å². The third kappa shape index (κ3) is 2.06. The van der Waals surface area contributed by atoms with E-state index in [1.54, 1.807) is 0 Å². The van der Waals surface area contributed by atoms with Crippen molar-refractivity contribution in [2.75, 3.05) is 20.3 Å². The van der Waals surface area contributed by atoms with Crippen molar-refractivity contribution in [3.05, 3.63) is 12.2 Å². The number of esters is 1. The number of carbonyl (C=O) groups excluding carboxylic acids is 1. The van der Waals surface area contributed by atoms with Crippen LogP contribution < -0.4 is 0 Å². The normalized spacial score (nSPS) is 18.8. The average molecular weight is 172 g/mol. The first-order valence-electron chi connectivity index (χ1n) is 3.76. The van der Waals surface area contributed by atoms with Gasteiger partial charge in [0.25, 0.3) is 0 Å². The average Bonchev–Trinajstić information content (AvgIpc) is 2.17. The van der Waals surface area contributed by atoms with E-state index in [4.69, 9.17) is 9.47 Å². The minimum Gasteiger partial charge on any atom is -0.466 e. The second kappa shape index (κ2) is 4.23. The summed E-state index contributed by atoms with van der Waals surface area (Å²) in [5, 5.41) is 0. The van der Waals surface area contributed by atoms with Gasteiger partial charge in [0.15, 0.2) is 6.29 Å². The summed E-state index contributed by atoms with van der Waals surface area (Å²) < 4.78 is 14.7. The number of hydrogen-bond donors (Lipinski definition) is 0. The molecule has 0 aromatic heterocycles. The van der Waals surface area contributed by atoms with Gasteiger partial charge in [-0.25, -0.2) is 4.79 Å². The fourth-order valence-corrected chi connectivity index (χ4v) is 0.916. The van der Waals surface area contributed by atoms with Crippen molar-refractivity contribution in [1.29, 1.82) is 0 Å². The van der Waals surface area contributed by atoms with Gasteiger partial charge >= 0.3 is 5.97 Å². The van der Waals surface area contributed by atoms with Gasteiger partial charge in [-0.15, -0.1) is 0 Å². The highest BCUT2D eigenvalue weighted by Crippen LogP contribution is 2.13. The van der Waals surface area contributed by atoms with Gasteiger partial charge in [-0.1, -0.05) is 6.58 Å². The Balaban J connectivity index is 2.45. The molecule has 0 bridgehead atoms. The summed E-state index contributed by atoms with van der Waals surface area (Å²) in [5.74, 6) is -0.484. The van der Waals surface area contributed by atoms with Crippen molar-refractivity contribution < 1.29 is 19.0 Å². The molecular formula is C8H12O4. The lowest BCUT2D eigenvalue weighted by molar-refractivity contribution is -0.167. The van der Waals surface area contributed by atoms with Crippen LogP contribution in [0.4, 0.5) is 0 Å². The van der Waals surface area contributed by atoms with Crippen LogP contribution in [-0.4, -0.2) is 32.6 Å². The van der Waals surface area contributed by atoms with E-state index in [1.807, 2.05) is 0 Å². The second-order valence-electron chi connectivity index (χ2n) is 2.44. The molecule has 0 aliphatic carbocycles. The van der Waals surface area contributed by atoms with Crippen molar-refractivity contribution >= 4 is 5.97 Å². The topological polar surface area (TPSA) is 44.8 Å².